The number of halogens is 3. The zero-order valence-electron chi connectivity index (χ0n) is 12.7. The molecule has 3 aromatic rings. The van der Waals surface area contributed by atoms with E-state index in [1.165, 1.54) is 12.1 Å². The summed E-state index contributed by atoms with van der Waals surface area (Å²) < 4.78 is 42.8. The summed E-state index contributed by atoms with van der Waals surface area (Å²) in [4.78, 5) is 0. The van der Waals surface area contributed by atoms with E-state index < -0.39 is 17.8 Å². The number of benzene rings is 2. The van der Waals surface area contributed by atoms with Crippen LogP contribution in [0.4, 0.5) is 13.2 Å². The molecule has 0 aliphatic heterocycles. The lowest BCUT2D eigenvalue weighted by Gasteiger charge is -2.14. The minimum atomic E-state index is -4.37. The van der Waals surface area contributed by atoms with Crippen molar-refractivity contribution in [2.24, 2.45) is 0 Å². The minimum absolute atomic E-state index is 0.245. The van der Waals surface area contributed by atoms with Crippen LogP contribution >= 0.6 is 0 Å². The first-order valence-corrected chi connectivity index (χ1v) is 7.45. The van der Waals surface area contributed by atoms with Crippen molar-refractivity contribution in [3.63, 3.8) is 0 Å². The second-order valence-electron chi connectivity index (χ2n) is 5.56. The molecule has 1 aromatic heterocycles. The number of hydrogen-bond acceptors (Lipinski definition) is 3. The number of rotatable bonds is 5. The molecule has 6 heteroatoms. The predicted molar refractivity (Wildman–Crippen MR) is 84.3 cm³/mol. The molecule has 0 saturated heterocycles. The Hall–Kier alpha value is -2.31. The summed E-state index contributed by atoms with van der Waals surface area (Å²) in [7, 11) is 0. The molecular weight excluding hydrogens is 319 g/mol. The van der Waals surface area contributed by atoms with E-state index in [1.807, 2.05) is 24.3 Å². The van der Waals surface area contributed by atoms with Gasteiger partial charge in [0.1, 0.15) is 5.58 Å². The molecule has 3 rings (SSSR count). The molecule has 2 aromatic carbocycles. The van der Waals surface area contributed by atoms with Crippen molar-refractivity contribution >= 4 is 11.0 Å². The van der Waals surface area contributed by atoms with Gasteiger partial charge in [0.15, 0.2) is 0 Å². The summed E-state index contributed by atoms with van der Waals surface area (Å²) in [6.45, 7) is 0.785. The van der Waals surface area contributed by atoms with Crippen LogP contribution in [-0.4, -0.2) is 11.7 Å². The monoisotopic (exact) mass is 335 g/mol. The van der Waals surface area contributed by atoms with Crippen molar-refractivity contribution in [3.05, 3.63) is 71.5 Å². The van der Waals surface area contributed by atoms with Crippen LogP contribution < -0.4 is 5.32 Å². The topological polar surface area (TPSA) is 45.4 Å². The summed E-state index contributed by atoms with van der Waals surface area (Å²) in [6, 6.07) is 12.2. The summed E-state index contributed by atoms with van der Waals surface area (Å²) in [5.74, 6) is 0. The Morgan fingerprint density at radius 2 is 1.79 bits per heavy atom. The second-order valence-corrected chi connectivity index (χ2v) is 5.56. The predicted octanol–water partition coefficient (Wildman–Crippen LogP) is 4.27. The van der Waals surface area contributed by atoms with Crippen LogP contribution in [0.3, 0.4) is 0 Å². The molecule has 3 nitrogen and oxygen atoms in total. The van der Waals surface area contributed by atoms with Gasteiger partial charge >= 0.3 is 6.18 Å². The molecule has 1 atom stereocenters. The average molecular weight is 335 g/mol. The molecule has 0 spiro atoms. The first-order chi connectivity index (χ1) is 11.4. The van der Waals surface area contributed by atoms with Crippen molar-refractivity contribution in [1.82, 2.24) is 5.32 Å². The standard InChI is InChI=1S/C18H16F3NO2/c19-18(20,21)15-4-2-13(3-5-15)16(23)11-22-10-12-1-6-17-14(9-12)7-8-24-17/h1-9,16,22-23H,10-11H2. The van der Waals surface area contributed by atoms with Crippen LogP contribution in [0.2, 0.25) is 0 Å². The fraction of sp³-hybridized carbons (Fsp3) is 0.222. The van der Waals surface area contributed by atoms with E-state index in [-0.39, 0.29) is 6.54 Å². The first kappa shape index (κ1) is 16.5. The number of hydrogen-bond donors (Lipinski definition) is 2. The Kier molecular flexibility index (Phi) is 4.59. The van der Waals surface area contributed by atoms with Gasteiger partial charge in [0.05, 0.1) is 17.9 Å². The van der Waals surface area contributed by atoms with Gasteiger partial charge in [-0.3, -0.25) is 0 Å². The third-order valence-electron chi connectivity index (χ3n) is 3.81. The van der Waals surface area contributed by atoms with E-state index in [1.54, 1.807) is 6.26 Å². The maximum atomic E-state index is 12.5. The molecule has 1 unspecified atom stereocenters. The van der Waals surface area contributed by atoms with Crippen LogP contribution in [-0.2, 0) is 12.7 Å². The molecule has 24 heavy (non-hydrogen) atoms. The molecule has 0 amide bonds. The molecule has 0 saturated carbocycles. The van der Waals surface area contributed by atoms with Crippen LogP contribution in [0.5, 0.6) is 0 Å². The first-order valence-electron chi connectivity index (χ1n) is 7.45. The zero-order valence-corrected chi connectivity index (χ0v) is 12.7. The van der Waals surface area contributed by atoms with E-state index >= 15 is 0 Å². The smallest absolute Gasteiger partial charge is 0.416 e. The van der Waals surface area contributed by atoms with Gasteiger partial charge < -0.3 is 14.8 Å². The maximum Gasteiger partial charge on any atom is 0.416 e. The van der Waals surface area contributed by atoms with Crippen LogP contribution in [0.15, 0.2) is 59.2 Å². The van der Waals surface area contributed by atoms with Crippen molar-refractivity contribution in [3.8, 4) is 0 Å². The van der Waals surface area contributed by atoms with Gasteiger partial charge in [-0.2, -0.15) is 13.2 Å². The molecule has 0 aliphatic carbocycles. The van der Waals surface area contributed by atoms with Gasteiger partial charge in [-0.05, 0) is 41.5 Å². The molecular formula is C18H16F3NO2. The minimum Gasteiger partial charge on any atom is -0.464 e. The second kappa shape index (κ2) is 6.67. The molecule has 1 heterocycles. The summed E-state index contributed by atoms with van der Waals surface area (Å²) >= 11 is 0. The molecule has 0 fully saturated rings. The Balaban J connectivity index is 1.56. The lowest BCUT2D eigenvalue weighted by molar-refractivity contribution is -0.137. The quantitative estimate of drug-likeness (QED) is 0.732. The SMILES string of the molecule is OC(CNCc1ccc2occc2c1)c1ccc(C(F)(F)F)cc1. The van der Waals surface area contributed by atoms with Crippen molar-refractivity contribution in [2.45, 2.75) is 18.8 Å². The Morgan fingerprint density at radius 3 is 2.50 bits per heavy atom. The molecule has 126 valence electrons. The normalized spacial score (nSPS) is 13.3. The third kappa shape index (κ3) is 3.77. The Morgan fingerprint density at radius 1 is 1.04 bits per heavy atom. The van der Waals surface area contributed by atoms with Crippen LogP contribution in [0, 0.1) is 0 Å². The van der Waals surface area contributed by atoms with E-state index in [0.717, 1.165) is 28.7 Å². The highest BCUT2D eigenvalue weighted by Crippen LogP contribution is 2.29. The fourth-order valence-corrected chi connectivity index (χ4v) is 2.49. The fourth-order valence-electron chi connectivity index (χ4n) is 2.49. The van der Waals surface area contributed by atoms with Crippen molar-refractivity contribution in [1.29, 1.82) is 0 Å². The lowest BCUT2D eigenvalue weighted by atomic mass is 10.1. The largest absolute Gasteiger partial charge is 0.464 e. The van der Waals surface area contributed by atoms with Crippen molar-refractivity contribution in [2.75, 3.05) is 6.54 Å². The molecule has 0 aliphatic rings. The highest BCUT2D eigenvalue weighted by atomic mass is 19.4. The lowest BCUT2D eigenvalue weighted by Crippen LogP contribution is -2.21. The number of furan rings is 1. The Bertz CT molecular complexity index is 809. The van der Waals surface area contributed by atoms with Crippen LogP contribution in [0.25, 0.3) is 11.0 Å². The third-order valence-corrected chi connectivity index (χ3v) is 3.81. The molecule has 0 bridgehead atoms. The van der Waals surface area contributed by atoms with Gasteiger partial charge in [-0.25, -0.2) is 0 Å². The van der Waals surface area contributed by atoms with Crippen LogP contribution in [0.1, 0.15) is 22.8 Å². The summed E-state index contributed by atoms with van der Waals surface area (Å²) in [5.41, 5.74) is 1.56. The van der Waals surface area contributed by atoms with Gasteiger partial charge in [-0.1, -0.05) is 18.2 Å². The maximum absolute atomic E-state index is 12.5. The number of aliphatic hydroxyl groups is 1. The number of nitrogens with one attached hydrogen (secondary N) is 1. The Labute approximate surface area is 136 Å². The molecule has 0 radical (unpaired) electrons. The summed E-state index contributed by atoms with van der Waals surface area (Å²) in [6.07, 6.45) is -3.62. The van der Waals surface area contributed by atoms with Gasteiger partial charge in [0.25, 0.3) is 0 Å². The summed E-state index contributed by atoms with van der Waals surface area (Å²) in [5, 5.41) is 14.2. The van der Waals surface area contributed by atoms with Gasteiger partial charge in [-0.15, -0.1) is 0 Å². The highest BCUT2D eigenvalue weighted by Gasteiger charge is 2.30. The van der Waals surface area contributed by atoms with E-state index in [4.69, 9.17) is 4.42 Å². The number of aliphatic hydroxyl groups excluding tert-OH is 1. The van der Waals surface area contributed by atoms with E-state index in [2.05, 4.69) is 5.32 Å². The average Bonchev–Trinajstić information content (AvgIpc) is 3.02. The van der Waals surface area contributed by atoms with Gasteiger partial charge in [0.2, 0.25) is 0 Å². The zero-order chi connectivity index (χ0) is 17.2. The number of fused-ring (bicyclic) bond motifs is 1. The van der Waals surface area contributed by atoms with Crippen molar-refractivity contribution < 1.29 is 22.7 Å². The van der Waals surface area contributed by atoms with Gasteiger partial charge in [0, 0.05) is 18.5 Å². The highest BCUT2D eigenvalue weighted by molar-refractivity contribution is 5.77. The molecule has 2 N–H and O–H groups in total. The van der Waals surface area contributed by atoms with E-state index in [0.29, 0.717) is 12.1 Å². The van der Waals surface area contributed by atoms with E-state index in [9.17, 15) is 18.3 Å². The number of alkyl halides is 3.